The second-order valence-corrected chi connectivity index (χ2v) is 10.3. The highest BCUT2D eigenvalue weighted by atomic mass is 28.4. The fraction of sp³-hybridized carbons (Fsp3) is 1.00. The normalized spacial score (nSPS) is 12.6. The molecule has 172 valence electrons. The minimum atomic E-state index is -6.00. The number of hydrogen-bond donors (Lipinski definition) is 0. The topological polar surface area (TPSA) is 27.7 Å². The number of halogens is 4. The number of hydrogen-bond acceptors (Lipinski definition) is 3. The molecule has 10 heteroatoms. The van der Waals surface area contributed by atoms with E-state index in [1.807, 2.05) is 0 Å². The van der Waals surface area contributed by atoms with E-state index in [2.05, 4.69) is 20.8 Å². The highest BCUT2D eigenvalue weighted by Crippen LogP contribution is 2.21. The fourth-order valence-corrected chi connectivity index (χ4v) is 5.04. The molecule has 0 unspecified atom stereocenters. The molecule has 0 spiro atoms. The van der Waals surface area contributed by atoms with Crippen molar-refractivity contribution in [3.63, 3.8) is 0 Å². The SMILES string of the molecule is CCCC[N+](CCCC)(CCCC)CCC[Si](OC)(OC)OC.F[B-](F)(F)F. The van der Waals surface area contributed by atoms with Gasteiger partial charge in [-0.15, -0.1) is 0 Å². The molecule has 0 aliphatic carbocycles. The molecular weight excluding hydrogens is 393 g/mol. The Kier molecular flexibility index (Phi) is 17.8. The number of unbranched alkanes of at least 4 members (excludes halogenated alkanes) is 3. The third kappa shape index (κ3) is 15.7. The third-order valence-electron chi connectivity index (χ3n) is 5.01. The highest BCUT2D eigenvalue weighted by Gasteiger charge is 2.38. The van der Waals surface area contributed by atoms with Crippen LogP contribution in [-0.4, -0.2) is 68.1 Å². The van der Waals surface area contributed by atoms with Crippen molar-refractivity contribution in [2.24, 2.45) is 0 Å². The summed E-state index contributed by atoms with van der Waals surface area (Å²) in [6.07, 6.45) is 8.96. The van der Waals surface area contributed by atoms with Crippen molar-refractivity contribution in [1.82, 2.24) is 0 Å². The van der Waals surface area contributed by atoms with Crippen LogP contribution < -0.4 is 0 Å². The van der Waals surface area contributed by atoms with E-state index >= 15 is 0 Å². The molecule has 0 aromatic carbocycles. The number of quaternary nitrogens is 1. The molecule has 0 rings (SSSR count). The molecule has 0 amide bonds. The minimum absolute atomic E-state index is 0.918. The van der Waals surface area contributed by atoms with Gasteiger partial charge in [-0.25, -0.2) is 0 Å². The lowest BCUT2D eigenvalue weighted by molar-refractivity contribution is -0.928. The summed E-state index contributed by atoms with van der Waals surface area (Å²) in [5.74, 6) is 0. The fourth-order valence-electron chi connectivity index (χ4n) is 3.34. The summed E-state index contributed by atoms with van der Waals surface area (Å²) in [7, 11) is -3.28. The zero-order chi connectivity index (χ0) is 22.1. The molecule has 0 fully saturated rings. The smallest absolute Gasteiger partial charge is 0.418 e. The molecule has 0 aliphatic heterocycles. The van der Waals surface area contributed by atoms with Gasteiger partial charge in [0.05, 0.1) is 26.2 Å². The predicted molar refractivity (Wildman–Crippen MR) is 111 cm³/mol. The Morgan fingerprint density at radius 1 is 0.643 bits per heavy atom. The van der Waals surface area contributed by atoms with Gasteiger partial charge in [0.25, 0.3) is 0 Å². The lowest BCUT2D eigenvalue weighted by atomic mass is 10.1. The van der Waals surface area contributed by atoms with Crippen LogP contribution in [0.1, 0.15) is 65.7 Å². The van der Waals surface area contributed by atoms with Crippen LogP contribution in [0.25, 0.3) is 0 Å². The summed E-state index contributed by atoms with van der Waals surface area (Å²) >= 11 is 0. The van der Waals surface area contributed by atoms with Crippen LogP contribution in [0.15, 0.2) is 0 Å². The van der Waals surface area contributed by atoms with Gasteiger partial charge in [0.15, 0.2) is 0 Å². The van der Waals surface area contributed by atoms with Gasteiger partial charge in [0.1, 0.15) is 0 Å². The van der Waals surface area contributed by atoms with Crippen molar-refractivity contribution in [1.29, 1.82) is 0 Å². The van der Waals surface area contributed by atoms with Crippen LogP contribution in [0.4, 0.5) is 17.3 Å². The van der Waals surface area contributed by atoms with Gasteiger partial charge < -0.3 is 35.0 Å². The van der Waals surface area contributed by atoms with E-state index in [1.165, 1.54) is 69.2 Å². The van der Waals surface area contributed by atoms with Crippen molar-refractivity contribution < 1.29 is 35.0 Å². The van der Waals surface area contributed by atoms with Gasteiger partial charge in [-0.1, -0.05) is 40.0 Å². The van der Waals surface area contributed by atoms with Gasteiger partial charge in [-0.2, -0.15) is 0 Å². The van der Waals surface area contributed by atoms with Crippen LogP contribution in [-0.2, 0) is 13.3 Å². The van der Waals surface area contributed by atoms with E-state index in [4.69, 9.17) is 13.3 Å². The van der Waals surface area contributed by atoms with Gasteiger partial charge in [-0.05, 0) is 19.3 Å². The summed E-state index contributed by atoms with van der Waals surface area (Å²) in [6.45, 7) is 12.1. The average molecular weight is 435 g/mol. The lowest BCUT2D eigenvalue weighted by Gasteiger charge is -2.40. The predicted octanol–water partition coefficient (Wildman–Crippen LogP) is 5.77. The Bertz CT molecular complexity index is 326. The van der Waals surface area contributed by atoms with E-state index in [9.17, 15) is 17.3 Å². The van der Waals surface area contributed by atoms with Gasteiger partial charge >= 0.3 is 16.1 Å². The zero-order valence-electron chi connectivity index (χ0n) is 18.7. The van der Waals surface area contributed by atoms with Crippen molar-refractivity contribution in [3.8, 4) is 0 Å². The van der Waals surface area contributed by atoms with E-state index < -0.39 is 16.1 Å². The second kappa shape index (κ2) is 16.6. The number of rotatable bonds is 16. The Morgan fingerprint density at radius 3 is 1.18 bits per heavy atom. The van der Waals surface area contributed by atoms with Crippen LogP contribution in [0.5, 0.6) is 0 Å². The Balaban J connectivity index is 0. The molecule has 0 saturated heterocycles. The van der Waals surface area contributed by atoms with Crippen molar-refractivity contribution >= 4 is 16.1 Å². The van der Waals surface area contributed by atoms with Crippen molar-refractivity contribution in [2.45, 2.75) is 71.8 Å². The second-order valence-electron chi connectivity index (χ2n) is 7.19. The Labute approximate surface area is 171 Å². The molecular formula is C18H42BF4NO3Si. The maximum atomic E-state index is 9.75. The third-order valence-corrected chi connectivity index (χ3v) is 7.84. The molecule has 0 saturated carbocycles. The van der Waals surface area contributed by atoms with Crippen LogP contribution in [0.3, 0.4) is 0 Å². The Morgan fingerprint density at radius 2 is 0.929 bits per heavy atom. The van der Waals surface area contributed by atoms with Gasteiger partial charge in [0, 0.05) is 33.8 Å². The quantitative estimate of drug-likeness (QED) is 0.175. The standard InChI is InChI=1S/C18H42NO3Si.BF4/c1-7-10-14-19(15-11-8-2,16-12-9-3)17-13-18-23(20-4,21-5)22-6;2-1(3,4)5/h7-18H2,1-6H3;/q+1;-1. The van der Waals surface area contributed by atoms with Gasteiger partial charge in [0.2, 0.25) is 0 Å². The molecule has 4 nitrogen and oxygen atoms in total. The molecule has 0 heterocycles. The first-order valence-electron chi connectivity index (χ1n) is 10.4. The van der Waals surface area contributed by atoms with Crippen molar-refractivity contribution in [2.75, 3.05) is 47.5 Å². The lowest BCUT2D eigenvalue weighted by Crippen LogP contribution is -2.52. The molecule has 0 atom stereocenters. The summed E-state index contributed by atoms with van der Waals surface area (Å²) in [6, 6.07) is 0.918. The summed E-state index contributed by atoms with van der Waals surface area (Å²) in [5.41, 5.74) is 0. The van der Waals surface area contributed by atoms with E-state index in [1.54, 1.807) is 21.3 Å². The number of nitrogens with zero attached hydrogens (tertiary/aromatic N) is 1. The zero-order valence-corrected chi connectivity index (χ0v) is 19.7. The molecule has 28 heavy (non-hydrogen) atoms. The molecule has 0 radical (unpaired) electrons. The summed E-state index contributed by atoms with van der Waals surface area (Å²) < 4.78 is 57.0. The first kappa shape index (κ1) is 30.0. The van der Waals surface area contributed by atoms with E-state index in [0.717, 1.165) is 12.5 Å². The minimum Gasteiger partial charge on any atom is -0.418 e. The van der Waals surface area contributed by atoms with Crippen LogP contribution in [0, 0.1) is 0 Å². The molecule has 0 N–H and O–H groups in total. The molecule has 0 aromatic heterocycles. The maximum Gasteiger partial charge on any atom is 0.673 e. The molecule has 0 bridgehead atoms. The largest absolute Gasteiger partial charge is 0.673 e. The maximum absolute atomic E-state index is 9.75. The average Bonchev–Trinajstić information content (AvgIpc) is 2.65. The molecule has 0 aliphatic rings. The monoisotopic (exact) mass is 435 g/mol. The van der Waals surface area contributed by atoms with E-state index in [0.29, 0.717) is 0 Å². The van der Waals surface area contributed by atoms with Gasteiger partial charge in [-0.3, -0.25) is 0 Å². The first-order valence-corrected chi connectivity index (χ1v) is 12.4. The molecule has 0 aromatic rings. The van der Waals surface area contributed by atoms with Crippen molar-refractivity contribution in [3.05, 3.63) is 0 Å². The summed E-state index contributed by atoms with van der Waals surface area (Å²) in [4.78, 5) is 0. The van der Waals surface area contributed by atoms with Crippen LogP contribution in [0.2, 0.25) is 6.04 Å². The first-order chi connectivity index (χ1) is 13.1. The van der Waals surface area contributed by atoms with Crippen LogP contribution >= 0.6 is 0 Å². The highest BCUT2D eigenvalue weighted by molar-refractivity contribution is 6.60. The summed E-state index contributed by atoms with van der Waals surface area (Å²) in [5, 5.41) is 0. The van der Waals surface area contributed by atoms with E-state index in [-0.39, 0.29) is 0 Å². The Hall–Kier alpha value is -0.158.